The summed E-state index contributed by atoms with van der Waals surface area (Å²) in [5.41, 5.74) is -1.17. The number of carbonyl (C=O) groups excluding carboxylic acids is 1. The third-order valence-electron chi connectivity index (χ3n) is 3.56. The second-order valence-corrected chi connectivity index (χ2v) is 5.71. The first-order chi connectivity index (χ1) is 8.92. The van der Waals surface area contributed by atoms with E-state index in [0.717, 1.165) is 19.4 Å². The van der Waals surface area contributed by atoms with E-state index in [2.05, 4.69) is 5.32 Å². The van der Waals surface area contributed by atoms with Crippen molar-refractivity contribution in [2.45, 2.75) is 58.4 Å². The van der Waals surface area contributed by atoms with Crippen LogP contribution in [0, 0.1) is 5.92 Å². The molecule has 0 radical (unpaired) electrons. The van der Waals surface area contributed by atoms with Gasteiger partial charge in [-0.2, -0.15) is 0 Å². The van der Waals surface area contributed by atoms with Gasteiger partial charge in [-0.25, -0.2) is 9.59 Å². The minimum absolute atomic E-state index is 0.243. The largest absolute Gasteiger partial charge is 0.480 e. The van der Waals surface area contributed by atoms with E-state index in [1.54, 1.807) is 11.8 Å². The second kappa shape index (κ2) is 6.78. The smallest absolute Gasteiger partial charge is 0.329 e. The SMILES string of the molecule is CCCN(CC1CC1)C(=O)NC(C)(CCC)C(=O)O. The average molecular weight is 270 g/mol. The first-order valence-electron chi connectivity index (χ1n) is 7.23. The second-order valence-electron chi connectivity index (χ2n) is 5.71. The molecule has 0 bridgehead atoms. The lowest BCUT2D eigenvalue weighted by atomic mass is 9.96. The van der Waals surface area contributed by atoms with Gasteiger partial charge >= 0.3 is 12.0 Å². The maximum absolute atomic E-state index is 12.2. The van der Waals surface area contributed by atoms with Crippen LogP contribution in [-0.4, -0.2) is 40.6 Å². The monoisotopic (exact) mass is 270 g/mol. The molecule has 110 valence electrons. The molecule has 5 heteroatoms. The van der Waals surface area contributed by atoms with E-state index in [4.69, 9.17) is 0 Å². The highest BCUT2D eigenvalue weighted by molar-refractivity contribution is 5.85. The van der Waals surface area contributed by atoms with Crippen molar-refractivity contribution in [1.82, 2.24) is 10.2 Å². The van der Waals surface area contributed by atoms with Crippen molar-refractivity contribution in [3.63, 3.8) is 0 Å². The summed E-state index contributed by atoms with van der Waals surface area (Å²) in [6, 6.07) is -0.243. The van der Waals surface area contributed by atoms with Crippen LogP contribution in [-0.2, 0) is 4.79 Å². The number of aliphatic carboxylic acids is 1. The summed E-state index contributed by atoms with van der Waals surface area (Å²) in [6.45, 7) is 6.96. The van der Waals surface area contributed by atoms with Gasteiger partial charge in [-0.3, -0.25) is 0 Å². The molecule has 0 aromatic rings. The number of carboxylic acids is 1. The average Bonchev–Trinajstić information content (AvgIpc) is 3.12. The standard InChI is InChI=1S/C14H26N2O3/c1-4-8-14(3,12(17)18)15-13(19)16(9-5-2)10-11-6-7-11/h11H,4-10H2,1-3H3,(H,15,19)(H,17,18). The van der Waals surface area contributed by atoms with E-state index in [0.29, 0.717) is 18.9 Å². The van der Waals surface area contributed by atoms with E-state index in [1.165, 1.54) is 12.8 Å². The van der Waals surface area contributed by atoms with Crippen LogP contribution < -0.4 is 5.32 Å². The molecule has 0 aromatic heterocycles. The molecule has 0 aromatic carbocycles. The summed E-state index contributed by atoms with van der Waals surface area (Å²) >= 11 is 0. The molecule has 1 saturated carbocycles. The van der Waals surface area contributed by atoms with Crippen LogP contribution >= 0.6 is 0 Å². The van der Waals surface area contributed by atoms with Crippen LogP contribution in [0.2, 0.25) is 0 Å². The molecule has 0 aliphatic heterocycles. The van der Waals surface area contributed by atoms with Gasteiger partial charge in [0.2, 0.25) is 0 Å². The lowest BCUT2D eigenvalue weighted by Gasteiger charge is -2.30. The van der Waals surface area contributed by atoms with E-state index < -0.39 is 11.5 Å². The number of amides is 2. The Hall–Kier alpha value is -1.26. The highest BCUT2D eigenvalue weighted by Crippen LogP contribution is 2.30. The van der Waals surface area contributed by atoms with E-state index in [1.807, 2.05) is 13.8 Å². The highest BCUT2D eigenvalue weighted by atomic mass is 16.4. The fraction of sp³-hybridized carbons (Fsp3) is 0.857. The van der Waals surface area contributed by atoms with Crippen molar-refractivity contribution in [2.75, 3.05) is 13.1 Å². The van der Waals surface area contributed by atoms with Crippen molar-refractivity contribution >= 4 is 12.0 Å². The molecule has 5 nitrogen and oxygen atoms in total. The van der Waals surface area contributed by atoms with Gasteiger partial charge in [0.05, 0.1) is 0 Å². The third-order valence-corrected chi connectivity index (χ3v) is 3.56. The van der Waals surface area contributed by atoms with Crippen molar-refractivity contribution in [3.8, 4) is 0 Å². The summed E-state index contributed by atoms with van der Waals surface area (Å²) in [4.78, 5) is 25.3. The predicted octanol–water partition coefficient (Wildman–Crippen LogP) is 2.46. The Labute approximate surface area is 115 Å². The summed E-state index contributed by atoms with van der Waals surface area (Å²) in [5.74, 6) is -0.356. The molecule has 0 spiro atoms. The fourth-order valence-electron chi connectivity index (χ4n) is 2.20. The Bertz CT molecular complexity index is 329. The van der Waals surface area contributed by atoms with Crippen LogP contribution in [0.1, 0.15) is 52.9 Å². The number of hydrogen-bond acceptors (Lipinski definition) is 2. The van der Waals surface area contributed by atoms with Crippen molar-refractivity contribution in [3.05, 3.63) is 0 Å². The van der Waals surface area contributed by atoms with E-state index in [-0.39, 0.29) is 6.03 Å². The Morgan fingerprint density at radius 2 is 1.95 bits per heavy atom. The minimum Gasteiger partial charge on any atom is -0.480 e. The Morgan fingerprint density at radius 1 is 1.32 bits per heavy atom. The minimum atomic E-state index is -1.17. The van der Waals surface area contributed by atoms with Gasteiger partial charge in [0, 0.05) is 13.1 Å². The van der Waals surface area contributed by atoms with Gasteiger partial charge in [-0.1, -0.05) is 20.3 Å². The zero-order valence-electron chi connectivity index (χ0n) is 12.2. The van der Waals surface area contributed by atoms with E-state index in [9.17, 15) is 14.7 Å². The van der Waals surface area contributed by atoms with Gasteiger partial charge in [0.15, 0.2) is 0 Å². The molecule has 1 rings (SSSR count). The molecule has 1 atom stereocenters. The number of hydrogen-bond donors (Lipinski definition) is 2. The van der Waals surface area contributed by atoms with Crippen molar-refractivity contribution in [2.24, 2.45) is 5.92 Å². The maximum Gasteiger partial charge on any atom is 0.329 e. The number of urea groups is 1. The molecule has 19 heavy (non-hydrogen) atoms. The van der Waals surface area contributed by atoms with Crippen LogP contribution in [0.15, 0.2) is 0 Å². The Balaban J connectivity index is 2.63. The van der Waals surface area contributed by atoms with Gasteiger partial charge in [0.1, 0.15) is 5.54 Å². The summed E-state index contributed by atoms with van der Waals surface area (Å²) in [5, 5.41) is 12.0. The van der Waals surface area contributed by atoms with Gasteiger partial charge in [-0.15, -0.1) is 0 Å². The number of carboxylic acid groups (broad SMARTS) is 1. The first kappa shape index (κ1) is 15.8. The topological polar surface area (TPSA) is 69.6 Å². The Morgan fingerprint density at radius 3 is 2.37 bits per heavy atom. The van der Waals surface area contributed by atoms with Crippen molar-refractivity contribution in [1.29, 1.82) is 0 Å². The van der Waals surface area contributed by atoms with Gasteiger partial charge in [-0.05, 0) is 38.5 Å². The summed E-state index contributed by atoms with van der Waals surface area (Å²) < 4.78 is 0. The molecule has 1 unspecified atom stereocenters. The molecule has 1 aliphatic rings. The fourth-order valence-corrected chi connectivity index (χ4v) is 2.20. The predicted molar refractivity (Wildman–Crippen MR) is 74.1 cm³/mol. The van der Waals surface area contributed by atoms with Crippen LogP contribution in [0.25, 0.3) is 0 Å². The molecule has 1 aliphatic carbocycles. The Kier molecular flexibility index (Phi) is 5.63. The molecule has 1 fully saturated rings. The lowest BCUT2D eigenvalue weighted by molar-refractivity contribution is -0.144. The summed E-state index contributed by atoms with van der Waals surface area (Å²) in [6.07, 6.45) is 4.41. The number of nitrogens with zero attached hydrogens (tertiary/aromatic N) is 1. The van der Waals surface area contributed by atoms with E-state index >= 15 is 0 Å². The highest BCUT2D eigenvalue weighted by Gasteiger charge is 2.36. The van der Waals surface area contributed by atoms with Crippen molar-refractivity contribution < 1.29 is 14.7 Å². The zero-order chi connectivity index (χ0) is 14.5. The molecule has 0 heterocycles. The number of nitrogens with one attached hydrogen (secondary N) is 1. The number of rotatable bonds is 8. The zero-order valence-corrected chi connectivity index (χ0v) is 12.2. The van der Waals surface area contributed by atoms with Crippen LogP contribution in [0.3, 0.4) is 0 Å². The molecular formula is C14H26N2O3. The number of carbonyl (C=O) groups is 2. The summed E-state index contributed by atoms with van der Waals surface area (Å²) in [7, 11) is 0. The third kappa shape index (κ3) is 4.73. The maximum atomic E-state index is 12.2. The first-order valence-corrected chi connectivity index (χ1v) is 7.23. The quantitative estimate of drug-likeness (QED) is 0.712. The van der Waals surface area contributed by atoms with Gasteiger partial charge < -0.3 is 15.3 Å². The van der Waals surface area contributed by atoms with Gasteiger partial charge in [0.25, 0.3) is 0 Å². The van der Waals surface area contributed by atoms with Crippen LogP contribution in [0.5, 0.6) is 0 Å². The van der Waals surface area contributed by atoms with Crippen LogP contribution in [0.4, 0.5) is 4.79 Å². The lowest BCUT2D eigenvalue weighted by Crippen LogP contribution is -2.56. The molecule has 0 saturated heterocycles. The molecule has 2 N–H and O–H groups in total. The normalized spacial score (nSPS) is 17.6. The molecular weight excluding hydrogens is 244 g/mol. The molecule has 2 amide bonds.